The average Bonchev–Trinajstić information content (AvgIpc) is 2.81. The molecule has 0 aliphatic carbocycles. The number of rotatable bonds is 3. The van der Waals surface area contributed by atoms with Gasteiger partial charge in [-0.1, -0.05) is 6.92 Å². The Morgan fingerprint density at radius 2 is 2.28 bits per heavy atom. The number of methoxy groups -OCH3 is 1. The molecule has 98 valence electrons. The molecule has 1 aromatic rings. The van der Waals surface area contributed by atoms with Crippen molar-refractivity contribution >= 4 is 5.78 Å². The zero-order chi connectivity index (χ0) is 12.6. The monoisotopic (exact) mass is 475 g/mol. The van der Waals surface area contributed by atoms with Crippen LogP contribution in [0.1, 0.15) is 36.3 Å². The third-order valence-electron chi connectivity index (χ3n) is 3.07. The second kappa shape index (κ2) is 6.34. The van der Waals surface area contributed by atoms with E-state index in [1.54, 1.807) is 13.4 Å². The summed E-state index contributed by atoms with van der Waals surface area (Å²) < 4.78 is 12.8. The number of carbonyl (C=O) groups is 1. The first-order valence-corrected chi connectivity index (χ1v) is 5.62. The third kappa shape index (κ3) is 2.88. The molecule has 0 radical (unpaired) electrons. The van der Waals surface area contributed by atoms with Crippen molar-refractivity contribution in [2.24, 2.45) is 5.92 Å². The molecular weight excluding hydrogens is 458 g/mol. The van der Waals surface area contributed by atoms with Gasteiger partial charge >= 0.3 is 0 Å². The van der Waals surface area contributed by atoms with Gasteiger partial charge in [-0.15, -0.1) is 5.92 Å². The molecule has 0 amide bonds. The van der Waals surface area contributed by atoms with Crippen molar-refractivity contribution in [3.05, 3.63) is 24.1 Å². The summed E-state index contributed by atoms with van der Waals surface area (Å²) in [4.78, 5) is 15.5. The number of aromatic nitrogens is 2. The SMILES string of the molecule is CO[C@@H]1[CH-][C@@H](C)[C@H](n2cnc(C(C)=O)c2C)O1.[U]. The van der Waals surface area contributed by atoms with Gasteiger partial charge < -0.3 is 14.0 Å². The van der Waals surface area contributed by atoms with Crippen molar-refractivity contribution in [3.8, 4) is 0 Å². The molecule has 0 spiro atoms. The van der Waals surface area contributed by atoms with Gasteiger partial charge in [-0.2, -0.15) is 0 Å². The van der Waals surface area contributed by atoms with Crippen molar-refractivity contribution in [1.29, 1.82) is 0 Å². The number of imidazole rings is 1. The summed E-state index contributed by atoms with van der Waals surface area (Å²) in [5.41, 5.74) is 1.33. The molecule has 6 heteroatoms. The van der Waals surface area contributed by atoms with Gasteiger partial charge in [0, 0.05) is 57.1 Å². The number of Topliss-reactive ketones (excluding diaryl/α,β-unsaturated/α-hetero) is 1. The van der Waals surface area contributed by atoms with Gasteiger partial charge in [-0.25, -0.2) is 4.98 Å². The number of hydrogen-bond acceptors (Lipinski definition) is 4. The topological polar surface area (TPSA) is 53.4 Å². The molecule has 5 nitrogen and oxygen atoms in total. The Labute approximate surface area is 131 Å². The second-order valence-corrected chi connectivity index (χ2v) is 4.32. The normalized spacial score (nSPS) is 27.0. The Hall–Kier alpha value is -0.148. The number of ketones is 1. The number of carbonyl (C=O) groups excluding carboxylic acids is 1. The Bertz CT molecular complexity index is 433. The van der Waals surface area contributed by atoms with Gasteiger partial charge in [-0.05, 0) is 6.92 Å². The van der Waals surface area contributed by atoms with E-state index < -0.39 is 0 Å². The molecule has 1 aliphatic heterocycles. The molecule has 2 heterocycles. The van der Waals surface area contributed by atoms with Crippen LogP contribution in [0.4, 0.5) is 0 Å². The van der Waals surface area contributed by atoms with E-state index in [2.05, 4.69) is 11.9 Å². The molecule has 0 bridgehead atoms. The molecule has 1 fully saturated rings. The molecule has 18 heavy (non-hydrogen) atoms. The molecular formula is C12H17N2O3U-. The van der Waals surface area contributed by atoms with Crippen LogP contribution in [0.3, 0.4) is 0 Å². The van der Waals surface area contributed by atoms with E-state index in [0.717, 1.165) is 5.69 Å². The van der Waals surface area contributed by atoms with Crippen LogP contribution in [-0.2, 0) is 9.47 Å². The molecule has 1 saturated heterocycles. The summed E-state index contributed by atoms with van der Waals surface area (Å²) in [6, 6.07) is 0. The van der Waals surface area contributed by atoms with Crippen LogP contribution < -0.4 is 0 Å². The second-order valence-electron chi connectivity index (χ2n) is 4.32. The summed E-state index contributed by atoms with van der Waals surface area (Å²) in [7, 11) is 1.61. The van der Waals surface area contributed by atoms with Crippen LogP contribution in [0.2, 0.25) is 0 Å². The summed E-state index contributed by atoms with van der Waals surface area (Å²) in [5.74, 6) is 0.187. The van der Waals surface area contributed by atoms with Gasteiger partial charge in [0.1, 0.15) is 11.9 Å². The third-order valence-corrected chi connectivity index (χ3v) is 3.07. The predicted octanol–water partition coefficient (Wildman–Crippen LogP) is 1.74. The summed E-state index contributed by atoms with van der Waals surface area (Å²) in [6.07, 6.45) is 3.20. The molecule has 3 atom stereocenters. The van der Waals surface area contributed by atoms with E-state index in [-0.39, 0.29) is 55.3 Å². The number of hydrogen-bond donors (Lipinski definition) is 0. The largest absolute Gasteiger partial charge is 0.387 e. The Morgan fingerprint density at radius 1 is 1.61 bits per heavy atom. The molecule has 0 saturated carbocycles. The molecule has 0 N–H and O–H groups in total. The summed E-state index contributed by atoms with van der Waals surface area (Å²) in [5, 5.41) is 0. The molecule has 2 rings (SSSR count). The fourth-order valence-corrected chi connectivity index (χ4v) is 2.13. The van der Waals surface area contributed by atoms with Gasteiger partial charge in [0.25, 0.3) is 0 Å². The molecule has 0 unspecified atom stereocenters. The van der Waals surface area contributed by atoms with E-state index in [9.17, 15) is 4.79 Å². The van der Waals surface area contributed by atoms with Crippen molar-refractivity contribution in [1.82, 2.24) is 9.55 Å². The Balaban J connectivity index is 0.00000162. The van der Waals surface area contributed by atoms with Gasteiger partial charge in [0.15, 0.2) is 5.78 Å². The van der Waals surface area contributed by atoms with Gasteiger partial charge in [0.2, 0.25) is 0 Å². The maximum Gasteiger partial charge on any atom is 0.179 e. The maximum absolute atomic E-state index is 11.3. The van der Waals surface area contributed by atoms with Crippen LogP contribution in [0.25, 0.3) is 0 Å². The zero-order valence-electron chi connectivity index (χ0n) is 11.0. The fraction of sp³-hybridized carbons (Fsp3) is 0.583. The van der Waals surface area contributed by atoms with Gasteiger partial charge in [-0.3, -0.25) is 11.2 Å². The molecule has 0 aromatic carbocycles. The van der Waals surface area contributed by atoms with Crippen molar-refractivity contribution in [2.45, 2.75) is 33.3 Å². The van der Waals surface area contributed by atoms with E-state index in [0.29, 0.717) is 5.69 Å². The summed E-state index contributed by atoms with van der Waals surface area (Å²) in [6.45, 7) is 5.44. The van der Waals surface area contributed by atoms with Crippen LogP contribution in [0, 0.1) is 50.4 Å². The predicted molar refractivity (Wildman–Crippen MR) is 61.4 cm³/mol. The van der Waals surface area contributed by atoms with E-state index >= 15 is 0 Å². The minimum absolute atomic E-state index is 0. The quantitative estimate of drug-likeness (QED) is 0.494. The number of nitrogens with zero attached hydrogens (tertiary/aromatic N) is 2. The fourth-order valence-electron chi connectivity index (χ4n) is 2.13. The van der Waals surface area contributed by atoms with E-state index in [4.69, 9.17) is 9.47 Å². The number of ether oxygens (including phenoxy) is 2. The zero-order valence-corrected chi connectivity index (χ0v) is 15.2. The first-order chi connectivity index (χ1) is 8.04. The van der Waals surface area contributed by atoms with Crippen LogP contribution in [-0.4, -0.2) is 28.7 Å². The molecule has 1 aliphatic rings. The minimum atomic E-state index is -0.294. The maximum atomic E-state index is 11.3. The van der Waals surface area contributed by atoms with Crippen LogP contribution >= 0.6 is 0 Å². The van der Waals surface area contributed by atoms with E-state index in [1.807, 2.05) is 17.9 Å². The van der Waals surface area contributed by atoms with Crippen LogP contribution in [0.15, 0.2) is 6.33 Å². The average molecular weight is 475 g/mol. The van der Waals surface area contributed by atoms with E-state index in [1.165, 1.54) is 6.92 Å². The molecule has 1 aromatic heterocycles. The summed E-state index contributed by atoms with van der Waals surface area (Å²) >= 11 is 0. The minimum Gasteiger partial charge on any atom is -0.387 e. The van der Waals surface area contributed by atoms with Gasteiger partial charge in [0.05, 0.1) is 6.33 Å². The standard InChI is InChI=1S/C12H17N2O3.U/c1-7-5-10(16-4)17-12(7)14-6-13-11(8(14)2)9(3)15;/h5-7,10,12H,1-4H3;/q-1;/t7-,10+,12-;/m1./s1. The van der Waals surface area contributed by atoms with Crippen molar-refractivity contribution in [2.75, 3.05) is 7.11 Å². The van der Waals surface area contributed by atoms with Crippen LogP contribution in [0.5, 0.6) is 0 Å². The Kier molecular flexibility index (Phi) is 5.60. The Morgan fingerprint density at radius 3 is 2.72 bits per heavy atom. The first-order valence-electron chi connectivity index (χ1n) is 5.62. The first kappa shape index (κ1) is 15.9. The smallest absolute Gasteiger partial charge is 0.179 e. The van der Waals surface area contributed by atoms with Crippen molar-refractivity contribution in [3.63, 3.8) is 0 Å². The van der Waals surface area contributed by atoms with Crippen molar-refractivity contribution < 1.29 is 45.4 Å².